The van der Waals surface area contributed by atoms with Crippen LogP contribution in [0.4, 0.5) is 17.1 Å². The van der Waals surface area contributed by atoms with Gasteiger partial charge in [-0.3, -0.25) is 0 Å². The van der Waals surface area contributed by atoms with Crippen LogP contribution in [0.25, 0.3) is 76.9 Å². The highest BCUT2D eigenvalue weighted by atomic mass is 16.3. The molecule has 2 nitrogen and oxygen atoms in total. The number of furan rings is 1. The van der Waals surface area contributed by atoms with Crippen molar-refractivity contribution >= 4 is 60.5 Å². The van der Waals surface area contributed by atoms with Gasteiger partial charge in [0.25, 0.3) is 0 Å². The molecule has 0 aliphatic heterocycles. The highest BCUT2D eigenvalue weighted by Gasteiger charge is 2.43. The van der Waals surface area contributed by atoms with Crippen LogP contribution >= 0.6 is 0 Å². The second kappa shape index (κ2) is 11.8. The van der Waals surface area contributed by atoms with Crippen LogP contribution in [0.3, 0.4) is 0 Å². The maximum Gasteiger partial charge on any atom is 0.159 e. The van der Waals surface area contributed by atoms with E-state index in [9.17, 15) is 0 Å². The number of anilines is 3. The summed E-state index contributed by atoms with van der Waals surface area (Å²) in [6.07, 6.45) is 0. The normalized spacial score (nSPS) is 14.5. The summed E-state index contributed by atoms with van der Waals surface area (Å²) in [7, 11) is 0. The number of hydrogen-bond donors (Lipinski definition) is 0. The SMILES string of the molecule is CC1(C)c2cc3c(cc2-c2ccc4ccccc4c21)C(C)(C)c1c-3ccc2cc(N(c3cccc(-c4ccccc4)c3)c3cccc4c3oc3ccccc34)ccc12. The van der Waals surface area contributed by atoms with E-state index in [0.29, 0.717) is 0 Å². The van der Waals surface area contributed by atoms with Gasteiger partial charge in [-0.1, -0.05) is 155 Å². The van der Waals surface area contributed by atoms with Gasteiger partial charge in [0.1, 0.15) is 5.58 Å². The molecule has 0 N–H and O–H groups in total. The molecule has 1 aromatic heterocycles. The molecule has 2 aliphatic carbocycles. The fraction of sp³-hybridized carbons (Fsp3) is 0.107. The average molecular weight is 744 g/mol. The van der Waals surface area contributed by atoms with Crippen LogP contribution in [0.2, 0.25) is 0 Å². The Morgan fingerprint density at radius 1 is 0.397 bits per heavy atom. The fourth-order valence-corrected chi connectivity index (χ4v) is 10.7. The summed E-state index contributed by atoms with van der Waals surface area (Å²) in [4.78, 5) is 2.37. The Morgan fingerprint density at radius 3 is 1.74 bits per heavy atom. The van der Waals surface area contributed by atoms with Crippen LogP contribution < -0.4 is 4.90 Å². The first-order chi connectivity index (χ1) is 28.3. The third-order valence-electron chi connectivity index (χ3n) is 13.4. The van der Waals surface area contributed by atoms with E-state index in [-0.39, 0.29) is 10.8 Å². The van der Waals surface area contributed by atoms with Gasteiger partial charge in [0.15, 0.2) is 5.58 Å². The molecule has 276 valence electrons. The van der Waals surface area contributed by atoms with Gasteiger partial charge in [-0.2, -0.15) is 0 Å². The van der Waals surface area contributed by atoms with E-state index in [1.165, 1.54) is 77.2 Å². The Morgan fingerprint density at radius 2 is 0.983 bits per heavy atom. The number of nitrogens with zero attached hydrogens (tertiary/aromatic N) is 1. The van der Waals surface area contributed by atoms with Gasteiger partial charge < -0.3 is 9.32 Å². The first kappa shape index (κ1) is 33.3. The summed E-state index contributed by atoms with van der Waals surface area (Å²) in [5.41, 5.74) is 18.2. The van der Waals surface area contributed by atoms with Gasteiger partial charge in [-0.15, -0.1) is 0 Å². The zero-order valence-electron chi connectivity index (χ0n) is 33.1. The van der Waals surface area contributed by atoms with Crippen molar-refractivity contribution in [2.24, 2.45) is 0 Å². The van der Waals surface area contributed by atoms with Gasteiger partial charge >= 0.3 is 0 Å². The van der Waals surface area contributed by atoms with E-state index < -0.39 is 0 Å². The summed E-state index contributed by atoms with van der Waals surface area (Å²) in [6.45, 7) is 9.66. The number of fused-ring (bicyclic) bond motifs is 13. The molecule has 2 heteroatoms. The summed E-state index contributed by atoms with van der Waals surface area (Å²) in [6, 6.07) is 64.7. The zero-order valence-corrected chi connectivity index (χ0v) is 33.1. The predicted octanol–water partition coefficient (Wildman–Crippen LogP) is 15.6. The van der Waals surface area contributed by atoms with Crippen LogP contribution in [-0.2, 0) is 10.8 Å². The lowest BCUT2D eigenvalue weighted by molar-refractivity contribution is 0.657. The highest BCUT2D eigenvalue weighted by molar-refractivity contribution is 6.11. The molecule has 0 radical (unpaired) electrons. The quantitative estimate of drug-likeness (QED) is 0.178. The Labute approximate surface area is 338 Å². The predicted molar refractivity (Wildman–Crippen MR) is 244 cm³/mol. The fourth-order valence-electron chi connectivity index (χ4n) is 10.7. The molecule has 58 heavy (non-hydrogen) atoms. The molecule has 0 saturated heterocycles. The van der Waals surface area contributed by atoms with Crippen LogP contribution in [-0.4, -0.2) is 0 Å². The standard InChI is InChI=1S/C56H41NO/c1-55(2)48-33-47-44-28-25-37-31-39(26-29-41(37)53(44)56(3,4)49(47)32-46(48)43-27-24-35-16-8-9-19-40(35)52(43)55)57(38-18-12-17-36(30-38)34-14-6-5-7-15-34)50-22-13-21-45-42-20-10-11-23-51(42)58-54(45)50/h5-33H,1-4H3. The molecular formula is C56H41NO. The minimum absolute atomic E-state index is 0.108. The molecule has 0 fully saturated rings. The number of hydrogen-bond acceptors (Lipinski definition) is 2. The lowest BCUT2D eigenvalue weighted by atomic mass is 9.78. The molecule has 10 aromatic rings. The molecule has 12 rings (SSSR count). The van der Waals surface area contributed by atoms with Crippen molar-refractivity contribution in [3.05, 3.63) is 198 Å². The number of rotatable bonds is 4. The van der Waals surface area contributed by atoms with E-state index >= 15 is 0 Å². The smallest absolute Gasteiger partial charge is 0.159 e. The largest absolute Gasteiger partial charge is 0.454 e. The summed E-state index contributed by atoms with van der Waals surface area (Å²) in [5, 5.41) is 7.43. The number of para-hydroxylation sites is 2. The monoisotopic (exact) mass is 743 g/mol. The van der Waals surface area contributed by atoms with Gasteiger partial charge in [0, 0.05) is 33.0 Å². The Bertz CT molecular complexity index is 3350. The topological polar surface area (TPSA) is 16.4 Å². The van der Waals surface area contributed by atoms with Crippen molar-refractivity contribution < 1.29 is 4.42 Å². The van der Waals surface area contributed by atoms with Gasteiger partial charge in [-0.05, 0) is 126 Å². The second-order valence-corrected chi connectivity index (χ2v) is 17.3. The third kappa shape index (κ3) is 4.54. The van der Waals surface area contributed by atoms with Crippen molar-refractivity contribution in [3.63, 3.8) is 0 Å². The van der Waals surface area contributed by atoms with Gasteiger partial charge in [0.05, 0.1) is 5.69 Å². The van der Waals surface area contributed by atoms with Crippen molar-refractivity contribution in [2.45, 2.75) is 38.5 Å². The molecular weight excluding hydrogens is 703 g/mol. The third-order valence-corrected chi connectivity index (χ3v) is 13.4. The molecule has 0 spiro atoms. The molecule has 0 saturated carbocycles. The molecule has 9 aromatic carbocycles. The van der Waals surface area contributed by atoms with Crippen molar-refractivity contribution in [1.82, 2.24) is 0 Å². The maximum atomic E-state index is 6.68. The highest BCUT2D eigenvalue weighted by Crippen LogP contribution is 2.58. The molecule has 0 unspecified atom stereocenters. The average Bonchev–Trinajstić information content (AvgIpc) is 3.83. The minimum Gasteiger partial charge on any atom is -0.454 e. The first-order valence-electron chi connectivity index (χ1n) is 20.4. The number of benzene rings is 9. The van der Waals surface area contributed by atoms with Gasteiger partial charge in [-0.25, -0.2) is 0 Å². The summed E-state index contributed by atoms with van der Waals surface area (Å²) < 4.78 is 6.68. The molecule has 0 bridgehead atoms. The van der Waals surface area contributed by atoms with Crippen molar-refractivity contribution in [1.29, 1.82) is 0 Å². The van der Waals surface area contributed by atoms with Crippen molar-refractivity contribution in [2.75, 3.05) is 4.90 Å². The van der Waals surface area contributed by atoms with Crippen molar-refractivity contribution in [3.8, 4) is 33.4 Å². The van der Waals surface area contributed by atoms with Gasteiger partial charge in [0.2, 0.25) is 0 Å². The zero-order chi connectivity index (χ0) is 38.9. The first-order valence-corrected chi connectivity index (χ1v) is 20.4. The van der Waals surface area contributed by atoms with Crippen LogP contribution in [0.15, 0.2) is 180 Å². The van der Waals surface area contributed by atoms with E-state index in [1.807, 2.05) is 6.07 Å². The molecule has 2 aliphatic rings. The summed E-state index contributed by atoms with van der Waals surface area (Å²) in [5.74, 6) is 0. The minimum atomic E-state index is -0.186. The lowest BCUT2D eigenvalue weighted by Crippen LogP contribution is -2.17. The van der Waals surface area contributed by atoms with E-state index in [1.54, 1.807) is 0 Å². The Balaban J connectivity index is 1.03. The second-order valence-electron chi connectivity index (χ2n) is 17.3. The van der Waals surface area contributed by atoms with Crippen LogP contribution in [0.1, 0.15) is 49.9 Å². The lowest BCUT2D eigenvalue weighted by Gasteiger charge is -2.27. The summed E-state index contributed by atoms with van der Waals surface area (Å²) >= 11 is 0. The van der Waals surface area contributed by atoms with Crippen LogP contribution in [0.5, 0.6) is 0 Å². The maximum absolute atomic E-state index is 6.68. The molecule has 1 heterocycles. The van der Waals surface area contributed by atoms with Crippen LogP contribution in [0, 0.1) is 0 Å². The molecule has 0 atom stereocenters. The van der Waals surface area contributed by atoms with E-state index in [2.05, 4.69) is 202 Å². The van der Waals surface area contributed by atoms with E-state index in [4.69, 9.17) is 4.42 Å². The van der Waals surface area contributed by atoms with E-state index in [0.717, 1.165) is 39.0 Å². The molecule has 0 amide bonds. The Kier molecular flexibility index (Phi) is 6.78. The Hall–Kier alpha value is -6.90.